The van der Waals surface area contributed by atoms with E-state index in [9.17, 15) is 4.79 Å². The predicted molar refractivity (Wildman–Crippen MR) is 51.4 cm³/mol. The molecule has 3 N–H and O–H groups in total. The Labute approximate surface area is 79.3 Å². The standard InChI is InChI=1S/C10H19NO2/c1-2-3-7-10(11,9(12)13)8-5-4-6-8/h8H,2-7,11H2,1H3,(H,12,13). The summed E-state index contributed by atoms with van der Waals surface area (Å²) in [6.07, 6.45) is 5.68. The maximum absolute atomic E-state index is 11.0. The van der Waals surface area contributed by atoms with Crippen molar-refractivity contribution in [2.45, 2.75) is 51.0 Å². The zero-order valence-corrected chi connectivity index (χ0v) is 8.25. The second kappa shape index (κ2) is 4.09. The van der Waals surface area contributed by atoms with Gasteiger partial charge in [-0.05, 0) is 25.2 Å². The normalized spacial score (nSPS) is 22.0. The molecule has 3 nitrogen and oxygen atoms in total. The molecule has 1 aliphatic rings. The Morgan fingerprint density at radius 2 is 2.23 bits per heavy atom. The molecule has 76 valence electrons. The number of aliphatic carboxylic acids is 1. The second-order valence-electron chi connectivity index (χ2n) is 4.08. The molecule has 0 saturated heterocycles. The molecule has 13 heavy (non-hydrogen) atoms. The van der Waals surface area contributed by atoms with Gasteiger partial charge in [0.1, 0.15) is 5.54 Å². The first kappa shape index (κ1) is 10.5. The lowest BCUT2D eigenvalue weighted by Crippen LogP contribution is -2.56. The highest BCUT2D eigenvalue weighted by Crippen LogP contribution is 2.37. The number of hydrogen-bond donors (Lipinski definition) is 2. The van der Waals surface area contributed by atoms with Crippen molar-refractivity contribution in [3.05, 3.63) is 0 Å². The number of carboxylic acids is 1. The van der Waals surface area contributed by atoms with E-state index < -0.39 is 11.5 Å². The van der Waals surface area contributed by atoms with Crippen LogP contribution in [0, 0.1) is 5.92 Å². The smallest absolute Gasteiger partial charge is 0.323 e. The molecule has 3 heteroatoms. The largest absolute Gasteiger partial charge is 0.480 e. The van der Waals surface area contributed by atoms with Crippen LogP contribution in [0.1, 0.15) is 45.4 Å². The minimum absolute atomic E-state index is 0.219. The maximum Gasteiger partial charge on any atom is 0.323 e. The molecule has 1 fully saturated rings. The Morgan fingerprint density at radius 1 is 1.62 bits per heavy atom. The highest BCUT2D eigenvalue weighted by molar-refractivity contribution is 5.79. The average Bonchev–Trinajstić information content (AvgIpc) is 1.97. The summed E-state index contributed by atoms with van der Waals surface area (Å²) < 4.78 is 0. The summed E-state index contributed by atoms with van der Waals surface area (Å²) >= 11 is 0. The fourth-order valence-corrected chi connectivity index (χ4v) is 1.88. The number of rotatable bonds is 5. The maximum atomic E-state index is 11.0. The lowest BCUT2D eigenvalue weighted by atomic mass is 9.69. The number of nitrogens with two attached hydrogens (primary N) is 1. The lowest BCUT2D eigenvalue weighted by Gasteiger charge is -2.39. The van der Waals surface area contributed by atoms with Gasteiger partial charge in [0.25, 0.3) is 0 Å². The van der Waals surface area contributed by atoms with Gasteiger partial charge in [-0.1, -0.05) is 26.2 Å². The van der Waals surface area contributed by atoms with Crippen LogP contribution in [-0.4, -0.2) is 16.6 Å². The van der Waals surface area contributed by atoms with Crippen LogP contribution in [0.2, 0.25) is 0 Å². The molecule has 1 atom stereocenters. The topological polar surface area (TPSA) is 63.3 Å². The molecular formula is C10H19NO2. The molecule has 0 radical (unpaired) electrons. The molecule has 0 aliphatic heterocycles. The van der Waals surface area contributed by atoms with Crippen molar-refractivity contribution in [2.24, 2.45) is 11.7 Å². The fraction of sp³-hybridized carbons (Fsp3) is 0.900. The van der Waals surface area contributed by atoms with E-state index in [1.807, 2.05) is 0 Å². The zero-order valence-electron chi connectivity index (χ0n) is 8.25. The van der Waals surface area contributed by atoms with Crippen LogP contribution in [0.3, 0.4) is 0 Å². The van der Waals surface area contributed by atoms with Crippen molar-refractivity contribution in [1.82, 2.24) is 0 Å². The molecule has 0 spiro atoms. The highest BCUT2D eigenvalue weighted by atomic mass is 16.4. The van der Waals surface area contributed by atoms with E-state index in [0.29, 0.717) is 6.42 Å². The first-order valence-electron chi connectivity index (χ1n) is 5.13. The third kappa shape index (κ3) is 2.02. The molecule has 1 unspecified atom stereocenters. The van der Waals surface area contributed by atoms with E-state index in [1.54, 1.807) is 0 Å². The minimum Gasteiger partial charge on any atom is -0.480 e. The molecule has 0 bridgehead atoms. The van der Waals surface area contributed by atoms with Crippen LogP contribution in [0.5, 0.6) is 0 Å². The van der Waals surface area contributed by atoms with Gasteiger partial charge >= 0.3 is 5.97 Å². The zero-order chi connectivity index (χ0) is 9.90. The Kier molecular flexibility index (Phi) is 3.31. The van der Waals surface area contributed by atoms with Crippen LogP contribution >= 0.6 is 0 Å². The van der Waals surface area contributed by atoms with E-state index in [0.717, 1.165) is 32.1 Å². The minimum atomic E-state index is -0.936. The molecule has 0 aromatic heterocycles. The van der Waals surface area contributed by atoms with Crippen molar-refractivity contribution in [3.63, 3.8) is 0 Å². The summed E-state index contributed by atoms with van der Waals surface area (Å²) in [5.41, 5.74) is 5.00. The van der Waals surface area contributed by atoms with Crippen LogP contribution in [-0.2, 0) is 4.79 Å². The highest BCUT2D eigenvalue weighted by Gasteiger charge is 2.44. The van der Waals surface area contributed by atoms with Gasteiger partial charge in [0.2, 0.25) is 0 Å². The van der Waals surface area contributed by atoms with Gasteiger partial charge < -0.3 is 10.8 Å². The van der Waals surface area contributed by atoms with Gasteiger partial charge in [-0.15, -0.1) is 0 Å². The fourth-order valence-electron chi connectivity index (χ4n) is 1.88. The van der Waals surface area contributed by atoms with Crippen molar-refractivity contribution >= 4 is 5.97 Å². The molecule has 0 amide bonds. The first-order valence-corrected chi connectivity index (χ1v) is 5.13. The van der Waals surface area contributed by atoms with E-state index >= 15 is 0 Å². The van der Waals surface area contributed by atoms with Crippen molar-refractivity contribution in [1.29, 1.82) is 0 Å². The van der Waals surface area contributed by atoms with Crippen molar-refractivity contribution < 1.29 is 9.90 Å². The van der Waals surface area contributed by atoms with Gasteiger partial charge in [0.05, 0.1) is 0 Å². The Balaban J connectivity index is 2.56. The summed E-state index contributed by atoms with van der Waals surface area (Å²) in [7, 11) is 0. The van der Waals surface area contributed by atoms with E-state index in [-0.39, 0.29) is 5.92 Å². The first-order chi connectivity index (χ1) is 6.11. The van der Waals surface area contributed by atoms with Crippen LogP contribution in [0.25, 0.3) is 0 Å². The molecule has 1 saturated carbocycles. The molecule has 0 aromatic carbocycles. The second-order valence-corrected chi connectivity index (χ2v) is 4.08. The Hall–Kier alpha value is -0.570. The van der Waals surface area contributed by atoms with Gasteiger partial charge in [0, 0.05) is 0 Å². The molecule has 0 heterocycles. The lowest BCUT2D eigenvalue weighted by molar-refractivity contribution is -0.147. The van der Waals surface area contributed by atoms with Crippen molar-refractivity contribution in [3.8, 4) is 0 Å². The third-order valence-corrected chi connectivity index (χ3v) is 3.18. The van der Waals surface area contributed by atoms with Gasteiger partial charge in [-0.3, -0.25) is 4.79 Å². The van der Waals surface area contributed by atoms with Crippen LogP contribution in [0.15, 0.2) is 0 Å². The quantitative estimate of drug-likeness (QED) is 0.686. The van der Waals surface area contributed by atoms with E-state index in [4.69, 9.17) is 10.8 Å². The third-order valence-electron chi connectivity index (χ3n) is 3.18. The number of carbonyl (C=O) groups is 1. The number of carboxylic acid groups (broad SMARTS) is 1. The predicted octanol–water partition coefficient (Wildman–Crippen LogP) is 1.76. The van der Waals surface area contributed by atoms with Gasteiger partial charge in [-0.2, -0.15) is 0 Å². The Morgan fingerprint density at radius 3 is 2.54 bits per heavy atom. The summed E-state index contributed by atoms with van der Waals surface area (Å²) in [4.78, 5) is 11.0. The number of hydrogen-bond acceptors (Lipinski definition) is 2. The van der Waals surface area contributed by atoms with Gasteiger partial charge in [0.15, 0.2) is 0 Å². The molecular weight excluding hydrogens is 166 g/mol. The average molecular weight is 185 g/mol. The molecule has 1 rings (SSSR count). The SMILES string of the molecule is CCCCC(N)(C(=O)O)C1CCC1. The number of unbranched alkanes of at least 4 members (excludes halogenated alkanes) is 1. The summed E-state index contributed by atoms with van der Waals surface area (Å²) in [6.45, 7) is 2.06. The monoisotopic (exact) mass is 185 g/mol. The van der Waals surface area contributed by atoms with Crippen LogP contribution in [0.4, 0.5) is 0 Å². The van der Waals surface area contributed by atoms with Crippen molar-refractivity contribution in [2.75, 3.05) is 0 Å². The Bertz CT molecular complexity index is 189. The summed E-state index contributed by atoms with van der Waals surface area (Å²) in [5.74, 6) is -0.595. The molecule has 1 aliphatic carbocycles. The molecule has 0 aromatic rings. The van der Waals surface area contributed by atoms with Crippen LogP contribution < -0.4 is 5.73 Å². The van der Waals surface area contributed by atoms with Gasteiger partial charge in [-0.25, -0.2) is 0 Å². The van der Waals surface area contributed by atoms with E-state index in [1.165, 1.54) is 0 Å². The van der Waals surface area contributed by atoms with E-state index in [2.05, 4.69) is 6.92 Å². The summed E-state index contributed by atoms with van der Waals surface area (Å²) in [5, 5.41) is 9.07. The summed E-state index contributed by atoms with van der Waals surface area (Å²) in [6, 6.07) is 0.